The van der Waals surface area contributed by atoms with Crippen LogP contribution in [0.3, 0.4) is 0 Å². The molecular formula is C8H12N2O3. The van der Waals surface area contributed by atoms with Crippen LogP contribution >= 0.6 is 0 Å². The van der Waals surface area contributed by atoms with Crippen LogP contribution < -0.4 is 0 Å². The molecule has 1 aliphatic rings. The van der Waals surface area contributed by atoms with E-state index in [9.17, 15) is 14.9 Å². The zero-order valence-corrected chi connectivity index (χ0v) is 7.69. The normalized spacial score (nSPS) is 28.8. The molecular weight excluding hydrogens is 172 g/mol. The molecule has 72 valence electrons. The number of amides is 1. The van der Waals surface area contributed by atoms with Crippen molar-refractivity contribution in [2.75, 3.05) is 13.6 Å². The second kappa shape index (κ2) is 3.16. The molecule has 1 rings (SSSR count). The van der Waals surface area contributed by atoms with Gasteiger partial charge in [-0.3, -0.25) is 14.9 Å². The third kappa shape index (κ3) is 1.85. The first-order valence-electron chi connectivity index (χ1n) is 4.04. The molecule has 0 saturated carbocycles. The smallest absolute Gasteiger partial charge is 0.232 e. The highest BCUT2D eigenvalue weighted by Crippen LogP contribution is 2.31. The Morgan fingerprint density at radius 3 is 2.69 bits per heavy atom. The lowest BCUT2D eigenvalue weighted by molar-refractivity contribution is -0.403. The van der Waals surface area contributed by atoms with Crippen LogP contribution in [0.4, 0.5) is 0 Å². The minimum absolute atomic E-state index is 0.0504. The summed E-state index contributed by atoms with van der Waals surface area (Å²) in [7, 11) is 1.70. The summed E-state index contributed by atoms with van der Waals surface area (Å²) < 4.78 is 0. The third-order valence-corrected chi connectivity index (χ3v) is 2.37. The molecule has 5 heteroatoms. The maximum absolute atomic E-state index is 11.5. The van der Waals surface area contributed by atoms with Crippen molar-refractivity contribution >= 4 is 5.91 Å². The second-order valence-electron chi connectivity index (χ2n) is 3.50. The topological polar surface area (TPSA) is 63.4 Å². The fourth-order valence-corrected chi connectivity index (χ4v) is 1.42. The van der Waals surface area contributed by atoms with Gasteiger partial charge in [0.1, 0.15) is 0 Å². The summed E-state index contributed by atoms with van der Waals surface area (Å²) >= 11 is 0. The van der Waals surface area contributed by atoms with Crippen LogP contribution in [0.1, 0.15) is 13.3 Å². The van der Waals surface area contributed by atoms with Crippen LogP contribution in [-0.4, -0.2) is 29.3 Å². The van der Waals surface area contributed by atoms with Crippen molar-refractivity contribution in [3.05, 3.63) is 22.4 Å². The van der Waals surface area contributed by atoms with Gasteiger partial charge in [-0.1, -0.05) is 0 Å². The van der Waals surface area contributed by atoms with E-state index in [1.807, 2.05) is 0 Å². The highest BCUT2D eigenvalue weighted by atomic mass is 16.6. The summed E-state index contributed by atoms with van der Waals surface area (Å²) in [6, 6.07) is 0. The largest absolute Gasteiger partial charge is 0.345 e. The van der Waals surface area contributed by atoms with E-state index in [-0.39, 0.29) is 5.91 Å². The molecule has 1 amide bonds. The molecule has 1 aliphatic heterocycles. The molecule has 1 saturated heterocycles. The summed E-state index contributed by atoms with van der Waals surface area (Å²) in [6.07, 6.45) is 2.86. The molecule has 13 heavy (non-hydrogen) atoms. The zero-order valence-electron chi connectivity index (χ0n) is 7.69. The van der Waals surface area contributed by atoms with Gasteiger partial charge in [0, 0.05) is 19.7 Å². The van der Waals surface area contributed by atoms with Crippen LogP contribution in [0.25, 0.3) is 0 Å². The molecule has 0 aromatic rings. The van der Waals surface area contributed by atoms with E-state index in [1.54, 1.807) is 18.9 Å². The SMILES string of the molecule is CN1CCC(C)(/C=C/[N+](=O)[O-])C1=O. The molecule has 5 nitrogen and oxygen atoms in total. The third-order valence-electron chi connectivity index (χ3n) is 2.37. The molecule has 0 N–H and O–H groups in total. The molecule has 0 aromatic carbocycles. The van der Waals surface area contributed by atoms with E-state index < -0.39 is 10.3 Å². The number of nitrogens with zero attached hydrogens (tertiary/aromatic N) is 2. The first-order valence-corrected chi connectivity index (χ1v) is 4.04. The van der Waals surface area contributed by atoms with E-state index in [2.05, 4.69) is 0 Å². The average molecular weight is 184 g/mol. The van der Waals surface area contributed by atoms with E-state index in [4.69, 9.17) is 0 Å². The van der Waals surface area contributed by atoms with E-state index >= 15 is 0 Å². The van der Waals surface area contributed by atoms with Crippen LogP contribution in [0.2, 0.25) is 0 Å². The Morgan fingerprint density at radius 2 is 2.31 bits per heavy atom. The Labute approximate surface area is 76.2 Å². The molecule has 1 fully saturated rings. The first kappa shape index (κ1) is 9.70. The Balaban J connectivity index is 2.78. The maximum Gasteiger partial charge on any atom is 0.232 e. The van der Waals surface area contributed by atoms with E-state index in [1.165, 1.54) is 6.08 Å². The average Bonchev–Trinajstić information content (AvgIpc) is 2.31. The maximum atomic E-state index is 11.5. The van der Waals surface area contributed by atoms with Gasteiger partial charge in [0.15, 0.2) is 0 Å². The molecule has 0 radical (unpaired) electrons. The van der Waals surface area contributed by atoms with Crippen LogP contribution in [-0.2, 0) is 4.79 Å². The molecule has 1 heterocycles. The minimum atomic E-state index is -0.679. The van der Waals surface area contributed by atoms with Crippen molar-refractivity contribution < 1.29 is 9.72 Å². The van der Waals surface area contributed by atoms with Crippen molar-refractivity contribution in [2.24, 2.45) is 5.41 Å². The molecule has 1 atom stereocenters. The summed E-state index contributed by atoms with van der Waals surface area (Å²) in [5.41, 5.74) is -0.679. The number of hydrogen-bond acceptors (Lipinski definition) is 3. The fourth-order valence-electron chi connectivity index (χ4n) is 1.42. The predicted molar refractivity (Wildman–Crippen MR) is 46.5 cm³/mol. The van der Waals surface area contributed by atoms with Crippen molar-refractivity contribution in [3.8, 4) is 0 Å². The van der Waals surface area contributed by atoms with Crippen LogP contribution in [0.5, 0.6) is 0 Å². The quantitative estimate of drug-likeness (QED) is 0.467. The first-order chi connectivity index (χ1) is 5.96. The Bertz CT molecular complexity index is 275. The number of nitro groups is 1. The molecule has 0 spiro atoms. The standard InChI is InChI=1S/C8H12N2O3/c1-8(4-6-10(12)13)3-5-9(2)7(8)11/h4,6H,3,5H2,1-2H3/b6-4+. The van der Waals surface area contributed by atoms with Crippen molar-refractivity contribution in [1.29, 1.82) is 0 Å². The van der Waals surface area contributed by atoms with E-state index in [0.717, 1.165) is 6.20 Å². The summed E-state index contributed by atoms with van der Waals surface area (Å²) in [6.45, 7) is 2.39. The molecule has 0 aliphatic carbocycles. The second-order valence-corrected chi connectivity index (χ2v) is 3.50. The van der Waals surface area contributed by atoms with Gasteiger partial charge in [-0.2, -0.15) is 0 Å². The number of hydrogen-bond donors (Lipinski definition) is 0. The fraction of sp³-hybridized carbons (Fsp3) is 0.625. The van der Waals surface area contributed by atoms with Gasteiger partial charge in [0.05, 0.1) is 10.3 Å². The van der Waals surface area contributed by atoms with Gasteiger partial charge in [-0.25, -0.2) is 0 Å². The zero-order chi connectivity index (χ0) is 10.1. The van der Waals surface area contributed by atoms with Gasteiger partial charge in [0.25, 0.3) is 0 Å². The Hall–Kier alpha value is -1.39. The minimum Gasteiger partial charge on any atom is -0.345 e. The molecule has 0 bridgehead atoms. The van der Waals surface area contributed by atoms with E-state index in [0.29, 0.717) is 13.0 Å². The highest BCUT2D eigenvalue weighted by Gasteiger charge is 2.39. The Morgan fingerprint density at radius 1 is 1.69 bits per heavy atom. The molecule has 0 aromatic heterocycles. The van der Waals surface area contributed by atoms with Crippen molar-refractivity contribution in [3.63, 3.8) is 0 Å². The van der Waals surface area contributed by atoms with Crippen molar-refractivity contribution in [2.45, 2.75) is 13.3 Å². The van der Waals surface area contributed by atoms with Crippen molar-refractivity contribution in [1.82, 2.24) is 4.90 Å². The lowest BCUT2D eigenvalue weighted by Gasteiger charge is -2.15. The lowest BCUT2D eigenvalue weighted by Crippen LogP contribution is -2.28. The number of carbonyl (C=O) groups excluding carboxylic acids is 1. The van der Waals surface area contributed by atoms with Gasteiger partial charge < -0.3 is 4.90 Å². The monoisotopic (exact) mass is 184 g/mol. The van der Waals surface area contributed by atoms with Gasteiger partial charge in [-0.05, 0) is 13.3 Å². The summed E-state index contributed by atoms with van der Waals surface area (Å²) in [4.78, 5) is 22.6. The van der Waals surface area contributed by atoms with Gasteiger partial charge in [0.2, 0.25) is 12.1 Å². The predicted octanol–water partition coefficient (Wildman–Crippen LogP) is 0.645. The van der Waals surface area contributed by atoms with Gasteiger partial charge in [-0.15, -0.1) is 0 Å². The number of likely N-dealkylation sites (tertiary alicyclic amines) is 1. The number of carbonyl (C=O) groups is 1. The number of rotatable bonds is 2. The van der Waals surface area contributed by atoms with Gasteiger partial charge >= 0.3 is 0 Å². The Kier molecular flexibility index (Phi) is 2.36. The van der Waals surface area contributed by atoms with Crippen LogP contribution in [0.15, 0.2) is 12.3 Å². The highest BCUT2D eigenvalue weighted by molar-refractivity contribution is 5.86. The lowest BCUT2D eigenvalue weighted by atomic mass is 9.89. The van der Waals surface area contributed by atoms with Crippen LogP contribution in [0, 0.1) is 15.5 Å². The summed E-state index contributed by atoms with van der Waals surface area (Å²) in [5.74, 6) is -0.0504. The molecule has 1 unspecified atom stereocenters. The summed E-state index contributed by atoms with van der Waals surface area (Å²) in [5, 5.41) is 10.1.